The summed E-state index contributed by atoms with van der Waals surface area (Å²) in [7, 11) is 0. The zero-order valence-electron chi connectivity index (χ0n) is 12.8. The monoisotopic (exact) mass is 372 g/mol. The molecule has 0 bridgehead atoms. The van der Waals surface area contributed by atoms with E-state index in [0.29, 0.717) is 0 Å². The molecule has 0 saturated carbocycles. The summed E-state index contributed by atoms with van der Waals surface area (Å²) in [5, 5.41) is 4.62. The first-order valence-electron chi connectivity index (χ1n) is 7.91. The van der Waals surface area contributed by atoms with E-state index in [0.717, 1.165) is 26.4 Å². The molecule has 0 aliphatic carbocycles. The zero-order chi connectivity index (χ0) is 16.1. The van der Waals surface area contributed by atoms with Gasteiger partial charge in [-0.1, -0.05) is 72.8 Å². The van der Waals surface area contributed by atoms with Crippen LogP contribution in [0.2, 0.25) is 0 Å². The molecule has 0 spiro atoms. The first kappa shape index (κ1) is 13.8. The number of benzene rings is 4. The maximum atomic E-state index is 6.26. The molecule has 0 N–H and O–H groups in total. The van der Waals surface area contributed by atoms with E-state index in [2.05, 4.69) is 76.6 Å². The molecule has 0 aliphatic rings. The van der Waals surface area contributed by atoms with E-state index >= 15 is 0 Å². The summed E-state index contributed by atoms with van der Waals surface area (Å²) in [6, 6.07) is 27.1. The Morgan fingerprint density at radius 3 is 2.04 bits per heavy atom. The minimum absolute atomic E-state index is 0.924. The Morgan fingerprint density at radius 2 is 1.25 bits per heavy atom. The minimum atomic E-state index is 0.924. The Morgan fingerprint density at radius 1 is 0.625 bits per heavy atom. The van der Waals surface area contributed by atoms with Crippen molar-refractivity contribution in [3.63, 3.8) is 0 Å². The molecule has 0 fully saturated rings. The van der Waals surface area contributed by atoms with Gasteiger partial charge in [0.05, 0.1) is 0 Å². The summed E-state index contributed by atoms with van der Waals surface area (Å²) in [5.41, 5.74) is 4.25. The van der Waals surface area contributed by atoms with Crippen molar-refractivity contribution in [1.29, 1.82) is 0 Å². The predicted octanol–water partition coefficient (Wildman–Crippen LogP) is 7.17. The second-order valence-corrected chi connectivity index (χ2v) is 6.70. The van der Waals surface area contributed by atoms with Gasteiger partial charge in [-0.15, -0.1) is 0 Å². The highest BCUT2D eigenvalue weighted by Gasteiger charge is 2.19. The molecule has 4 aromatic carbocycles. The van der Waals surface area contributed by atoms with Crippen molar-refractivity contribution in [3.05, 3.63) is 83.3 Å². The normalized spacial score (nSPS) is 11.5. The SMILES string of the molecule is Brc1c(-c2ccccc2)c2c3ccccc3oc2c2ccccc12. The van der Waals surface area contributed by atoms with E-state index in [9.17, 15) is 0 Å². The Kier molecular flexibility index (Phi) is 3.00. The van der Waals surface area contributed by atoms with E-state index in [-0.39, 0.29) is 0 Å². The molecule has 5 rings (SSSR count). The maximum absolute atomic E-state index is 6.26. The highest BCUT2D eigenvalue weighted by Crippen LogP contribution is 2.45. The molecule has 1 aromatic heterocycles. The lowest BCUT2D eigenvalue weighted by atomic mass is 9.95. The molecule has 24 heavy (non-hydrogen) atoms. The number of fused-ring (bicyclic) bond motifs is 5. The van der Waals surface area contributed by atoms with Crippen LogP contribution < -0.4 is 0 Å². The Hall–Kier alpha value is -2.58. The van der Waals surface area contributed by atoms with Crippen molar-refractivity contribution in [2.45, 2.75) is 0 Å². The number of furan rings is 1. The molecular formula is C22H13BrO. The third-order valence-corrected chi connectivity index (χ3v) is 5.36. The van der Waals surface area contributed by atoms with Crippen LogP contribution in [0.3, 0.4) is 0 Å². The van der Waals surface area contributed by atoms with Gasteiger partial charge in [-0.25, -0.2) is 0 Å². The molecule has 0 unspecified atom stereocenters. The fourth-order valence-electron chi connectivity index (χ4n) is 3.48. The lowest BCUT2D eigenvalue weighted by molar-refractivity contribution is 0.672. The molecule has 0 saturated heterocycles. The molecule has 0 atom stereocenters. The van der Waals surface area contributed by atoms with Gasteiger partial charge in [0.15, 0.2) is 0 Å². The minimum Gasteiger partial charge on any atom is -0.455 e. The number of para-hydroxylation sites is 1. The van der Waals surface area contributed by atoms with E-state index in [4.69, 9.17) is 4.42 Å². The van der Waals surface area contributed by atoms with Crippen LogP contribution in [0.5, 0.6) is 0 Å². The standard InChI is InChI=1S/C22H13BrO/c23-21-15-10-4-5-11-16(15)22-20(17-12-6-7-13-18(17)24-22)19(21)14-8-2-1-3-9-14/h1-13H. The highest BCUT2D eigenvalue weighted by molar-refractivity contribution is 9.10. The van der Waals surface area contributed by atoms with E-state index in [1.54, 1.807) is 0 Å². The summed E-state index contributed by atoms with van der Waals surface area (Å²) >= 11 is 3.87. The van der Waals surface area contributed by atoms with Crippen LogP contribution in [0.15, 0.2) is 87.8 Å². The average molecular weight is 373 g/mol. The van der Waals surface area contributed by atoms with E-state index in [1.165, 1.54) is 21.9 Å². The van der Waals surface area contributed by atoms with Crippen LogP contribution in [0, 0.1) is 0 Å². The van der Waals surface area contributed by atoms with Crippen molar-refractivity contribution < 1.29 is 4.42 Å². The van der Waals surface area contributed by atoms with Crippen molar-refractivity contribution >= 4 is 48.6 Å². The van der Waals surface area contributed by atoms with Crippen LogP contribution in [-0.2, 0) is 0 Å². The van der Waals surface area contributed by atoms with Gasteiger partial charge in [-0.05, 0) is 27.6 Å². The molecule has 0 radical (unpaired) electrons. The summed E-state index contributed by atoms with van der Waals surface area (Å²) in [5.74, 6) is 0. The quantitative estimate of drug-likeness (QED) is 0.304. The van der Waals surface area contributed by atoms with Crippen molar-refractivity contribution in [1.82, 2.24) is 0 Å². The number of hydrogen-bond donors (Lipinski definition) is 0. The van der Waals surface area contributed by atoms with Crippen molar-refractivity contribution in [3.8, 4) is 11.1 Å². The first-order chi connectivity index (χ1) is 11.8. The average Bonchev–Trinajstić information content (AvgIpc) is 3.03. The van der Waals surface area contributed by atoms with Crippen LogP contribution in [0.1, 0.15) is 0 Å². The summed E-state index contributed by atoms with van der Waals surface area (Å²) < 4.78 is 7.38. The lowest BCUT2D eigenvalue weighted by Gasteiger charge is -2.11. The molecule has 1 nitrogen and oxygen atoms in total. The van der Waals surface area contributed by atoms with Gasteiger partial charge in [0.1, 0.15) is 11.2 Å². The smallest absolute Gasteiger partial charge is 0.143 e. The second kappa shape index (κ2) is 5.22. The Labute approximate surface area is 147 Å². The first-order valence-corrected chi connectivity index (χ1v) is 8.71. The van der Waals surface area contributed by atoms with Gasteiger partial charge >= 0.3 is 0 Å². The topological polar surface area (TPSA) is 13.1 Å². The summed E-state index contributed by atoms with van der Waals surface area (Å²) in [4.78, 5) is 0. The number of hydrogen-bond acceptors (Lipinski definition) is 1. The van der Waals surface area contributed by atoms with E-state index in [1.807, 2.05) is 18.2 Å². The Balaban J connectivity index is 2.11. The fourth-order valence-corrected chi connectivity index (χ4v) is 4.25. The van der Waals surface area contributed by atoms with Gasteiger partial charge in [-0.3, -0.25) is 0 Å². The van der Waals surface area contributed by atoms with Crippen molar-refractivity contribution in [2.24, 2.45) is 0 Å². The molecule has 0 aliphatic heterocycles. The largest absolute Gasteiger partial charge is 0.455 e. The third kappa shape index (κ3) is 1.87. The van der Waals surface area contributed by atoms with Crippen LogP contribution in [0.4, 0.5) is 0 Å². The number of rotatable bonds is 1. The van der Waals surface area contributed by atoms with Gasteiger partial charge in [0.2, 0.25) is 0 Å². The second-order valence-electron chi connectivity index (χ2n) is 5.90. The van der Waals surface area contributed by atoms with Gasteiger partial charge in [-0.2, -0.15) is 0 Å². The molecule has 5 aromatic rings. The molecule has 1 heterocycles. The Bertz CT molecular complexity index is 1200. The van der Waals surface area contributed by atoms with Gasteiger partial charge < -0.3 is 4.42 Å². The summed E-state index contributed by atoms with van der Waals surface area (Å²) in [6.45, 7) is 0. The van der Waals surface area contributed by atoms with E-state index < -0.39 is 0 Å². The molecule has 114 valence electrons. The molecule has 2 heteroatoms. The third-order valence-electron chi connectivity index (χ3n) is 4.54. The van der Waals surface area contributed by atoms with Crippen LogP contribution in [0.25, 0.3) is 43.8 Å². The lowest BCUT2D eigenvalue weighted by Crippen LogP contribution is -1.85. The fraction of sp³-hybridized carbons (Fsp3) is 0. The van der Waals surface area contributed by atoms with Crippen LogP contribution >= 0.6 is 15.9 Å². The predicted molar refractivity (Wildman–Crippen MR) is 104 cm³/mol. The summed E-state index contributed by atoms with van der Waals surface area (Å²) in [6.07, 6.45) is 0. The van der Waals surface area contributed by atoms with Crippen molar-refractivity contribution in [2.75, 3.05) is 0 Å². The number of halogens is 1. The molecular weight excluding hydrogens is 360 g/mol. The molecule has 0 amide bonds. The van der Waals surface area contributed by atoms with Crippen LogP contribution in [-0.4, -0.2) is 0 Å². The van der Waals surface area contributed by atoms with Gasteiger partial charge in [0.25, 0.3) is 0 Å². The highest BCUT2D eigenvalue weighted by atomic mass is 79.9. The maximum Gasteiger partial charge on any atom is 0.143 e. The zero-order valence-corrected chi connectivity index (χ0v) is 14.4. The van der Waals surface area contributed by atoms with Gasteiger partial charge in [0, 0.05) is 31.6 Å².